The minimum atomic E-state index is -3.76. The number of sulfonamides is 2. The van der Waals surface area contributed by atoms with Gasteiger partial charge in [-0.15, -0.1) is 0 Å². The van der Waals surface area contributed by atoms with E-state index in [1.54, 1.807) is 48.5 Å². The Morgan fingerprint density at radius 3 is 1.00 bits per heavy atom. The zero-order chi connectivity index (χ0) is 27.5. The lowest BCUT2D eigenvalue weighted by Crippen LogP contribution is -2.13. The van der Waals surface area contributed by atoms with Gasteiger partial charge in [-0.25, -0.2) is 16.8 Å². The van der Waals surface area contributed by atoms with Crippen LogP contribution >= 0.6 is 0 Å². The maximum Gasteiger partial charge on any atom is 0.261 e. The zero-order valence-corrected chi connectivity index (χ0v) is 23.2. The van der Waals surface area contributed by atoms with Crippen LogP contribution in [-0.4, -0.2) is 45.0 Å². The van der Waals surface area contributed by atoms with Crippen LogP contribution in [0.5, 0.6) is 0 Å². The van der Waals surface area contributed by atoms with E-state index in [1.165, 1.54) is 24.3 Å². The Labute approximate surface area is 224 Å². The highest BCUT2D eigenvalue weighted by Gasteiger charge is 2.16. The average molecular weight is 551 g/mol. The highest BCUT2D eigenvalue weighted by atomic mass is 32.2. The molecule has 0 atom stereocenters. The Kier molecular flexibility index (Phi) is 7.66. The van der Waals surface area contributed by atoms with E-state index in [9.17, 15) is 16.8 Å². The lowest BCUT2D eigenvalue weighted by Gasteiger charge is -2.14. The van der Waals surface area contributed by atoms with Gasteiger partial charge in [0.2, 0.25) is 0 Å². The topological polar surface area (TPSA) is 98.8 Å². The van der Waals surface area contributed by atoms with Gasteiger partial charge in [-0.05, 0) is 83.9 Å². The highest BCUT2D eigenvalue weighted by molar-refractivity contribution is 7.93. The summed E-state index contributed by atoms with van der Waals surface area (Å²) < 4.78 is 56.5. The van der Waals surface area contributed by atoms with E-state index >= 15 is 0 Å². The van der Waals surface area contributed by atoms with Gasteiger partial charge in [-0.1, -0.05) is 24.3 Å². The molecular weight excluding hydrogens is 520 g/mol. The molecule has 0 aromatic heterocycles. The van der Waals surface area contributed by atoms with Crippen LogP contribution in [0, 0.1) is 0 Å². The summed E-state index contributed by atoms with van der Waals surface area (Å²) in [6.45, 7) is 0. The number of nitrogens with one attached hydrogen (secondary N) is 2. The van der Waals surface area contributed by atoms with Crippen molar-refractivity contribution < 1.29 is 16.8 Å². The normalized spacial score (nSPS) is 11.6. The number of benzene rings is 4. The number of hydrogen-bond donors (Lipinski definition) is 2. The molecule has 0 spiro atoms. The molecule has 0 bridgehead atoms. The number of nitrogens with zero attached hydrogens (tertiary/aromatic N) is 2. The van der Waals surface area contributed by atoms with Crippen LogP contribution in [0.15, 0.2) is 107 Å². The molecule has 2 N–H and O–H groups in total. The van der Waals surface area contributed by atoms with Gasteiger partial charge in [-0.3, -0.25) is 9.44 Å². The molecule has 4 aromatic carbocycles. The van der Waals surface area contributed by atoms with Crippen molar-refractivity contribution in [3.05, 3.63) is 97.1 Å². The fourth-order valence-electron chi connectivity index (χ4n) is 3.74. The predicted molar refractivity (Wildman–Crippen MR) is 155 cm³/mol. The van der Waals surface area contributed by atoms with Crippen LogP contribution in [0.25, 0.3) is 11.1 Å². The molecule has 0 saturated heterocycles. The fourth-order valence-corrected chi connectivity index (χ4v) is 5.85. The van der Waals surface area contributed by atoms with Gasteiger partial charge in [0, 0.05) is 50.9 Å². The first-order chi connectivity index (χ1) is 17.9. The molecule has 0 fully saturated rings. The molecule has 10 heteroatoms. The Balaban J connectivity index is 1.46. The van der Waals surface area contributed by atoms with E-state index in [0.717, 1.165) is 22.5 Å². The first-order valence-electron chi connectivity index (χ1n) is 11.8. The van der Waals surface area contributed by atoms with Crippen molar-refractivity contribution in [2.75, 3.05) is 47.4 Å². The van der Waals surface area contributed by atoms with Crippen LogP contribution in [-0.2, 0) is 20.0 Å². The maximum absolute atomic E-state index is 12.8. The molecule has 0 aliphatic heterocycles. The summed E-state index contributed by atoms with van der Waals surface area (Å²) in [6, 6.07) is 27.1. The summed E-state index contributed by atoms with van der Waals surface area (Å²) in [5.74, 6) is 0. The van der Waals surface area contributed by atoms with Crippen molar-refractivity contribution in [3.8, 4) is 11.1 Å². The molecule has 0 saturated carbocycles. The van der Waals surface area contributed by atoms with Crippen molar-refractivity contribution in [3.63, 3.8) is 0 Å². The largest absolute Gasteiger partial charge is 0.378 e. The summed E-state index contributed by atoms with van der Waals surface area (Å²) in [7, 11) is 0.124. The standard InChI is InChI=1S/C28H30N4O4S2/c1-31(2)25-13-9-23(10-14-25)29-37(33,34)27-17-5-21(6-18-27)22-7-19-28(20-8-22)38(35,36)30-24-11-15-26(16-12-24)32(3)4/h5-20,29-30H,1-4H3. The monoisotopic (exact) mass is 550 g/mol. The molecule has 0 heterocycles. The van der Waals surface area contributed by atoms with Crippen LogP contribution in [0.4, 0.5) is 22.7 Å². The van der Waals surface area contributed by atoms with Gasteiger partial charge >= 0.3 is 0 Å². The maximum atomic E-state index is 12.8. The highest BCUT2D eigenvalue weighted by Crippen LogP contribution is 2.26. The number of anilines is 4. The molecule has 4 aromatic rings. The first-order valence-corrected chi connectivity index (χ1v) is 14.7. The second-order valence-corrected chi connectivity index (χ2v) is 12.5. The second-order valence-electron chi connectivity index (χ2n) is 9.14. The van der Waals surface area contributed by atoms with Crippen molar-refractivity contribution >= 4 is 42.8 Å². The van der Waals surface area contributed by atoms with Crippen molar-refractivity contribution in [2.45, 2.75) is 9.79 Å². The molecular formula is C28H30N4O4S2. The third-order valence-electron chi connectivity index (χ3n) is 5.93. The third-order valence-corrected chi connectivity index (χ3v) is 8.73. The van der Waals surface area contributed by atoms with E-state index in [0.29, 0.717) is 11.4 Å². The summed E-state index contributed by atoms with van der Waals surface area (Å²) in [4.78, 5) is 4.11. The van der Waals surface area contributed by atoms with E-state index in [4.69, 9.17) is 0 Å². The minimum Gasteiger partial charge on any atom is -0.378 e. The Hall–Kier alpha value is -4.02. The number of hydrogen-bond acceptors (Lipinski definition) is 6. The molecule has 198 valence electrons. The minimum absolute atomic E-state index is 0.126. The SMILES string of the molecule is CN(C)c1ccc(NS(=O)(=O)c2ccc(-c3ccc(S(=O)(=O)Nc4ccc(N(C)C)cc4)cc3)cc2)cc1. The Bertz CT molecular complexity index is 1470. The van der Waals surface area contributed by atoms with Crippen LogP contribution in [0.3, 0.4) is 0 Å². The summed E-state index contributed by atoms with van der Waals surface area (Å²) in [5.41, 5.74) is 4.39. The van der Waals surface area contributed by atoms with Crippen molar-refractivity contribution in [1.29, 1.82) is 0 Å². The van der Waals surface area contributed by atoms with Crippen LogP contribution in [0.2, 0.25) is 0 Å². The van der Waals surface area contributed by atoms with Gasteiger partial charge in [0.25, 0.3) is 20.0 Å². The van der Waals surface area contributed by atoms with Gasteiger partial charge in [0.05, 0.1) is 9.79 Å². The van der Waals surface area contributed by atoms with Crippen molar-refractivity contribution in [1.82, 2.24) is 0 Å². The zero-order valence-electron chi connectivity index (χ0n) is 21.6. The predicted octanol–water partition coefficient (Wildman–Crippen LogP) is 5.09. The Morgan fingerprint density at radius 1 is 0.447 bits per heavy atom. The first kappa shape index (κ1) is 27.0. The molecule has 0 aliphatic carbocycles. The molecule has 0 aliphatic rings. The summed E-state index contributed by atoms with van der Waals surface area (Å²) in [6.07, 6.45) is 0. The third kappa shape index (κ3) is 6.27. The average Bonchev–Trinajstić information content (AvgIpc) is 2.89. The molecule has 38 heavy (non-hydrogen) atoms. The van der Waals surface area contributed by atoms with E-state index in [-0.39, 0.29) is 9.79 Å². The quantitative estimate of drug-likeness (QED) is 0.301. The Morgan fingerprint density at radius 2 is 0.737 bits per heavy atom. The number of rotatable bonds is 9. The second kappa shape index (κ2) is 10.8. The molecule has 8 nitrogen and oxygen atoms in total. The molecule has 0 radical (unpaired) electrons. The van der Waals surface area contributed by atoms with Crippen molar-refractivity contribution in [2.24, 2.45) is 0 Å². The van der Waals surface area contributed by atoms with Gasteiger partial charge in [0.15, 0.2) is 0 Å². The molecule has 0 unspecified atom stereocenters. The lowest BCUT2D eigenvalue weighted by molar-refractivity contribution is 0.599. The molecule has 4 rings (SSSR count). The fraction of sp³-hybridized carbons (Fsp3) is 0.143. The van der Waals surface area contributed by atoms with E-state index < -0.39 is 20.0 Å². The molecule has 0 amide bonds. The van der Waals surface area contributed by atoms with E-state index in [1.807, 2.05) is 62.3 Å². The van der Waals surface area contributed by atoms with Crippen LogP contribution < -0.4 is 19.2 Å². The van der Waals surface area contributed by atoms with Gasteiger partial charge in [-0.2, -0.15) is 0 Å². The summed E-state index contributed by atoms with van der Waals surface area (Å²) >= 11 is 0. The lowest BCUT2D eigenvalue weighted by atomic mass is 10.1. The van der Waals surface area contributed by atoms with Crippen LogP contribution in [0.1, 0.15) is 0 Å². The smallest absolute Gasteiger partial charge is 0.261 e. The van der Waals surface area contributed by atoms with Gasteiger partial charge in [0.1, 0.15) is 0 Å². The summed E-state index contributed by atoms with van der Waals surface area (Å²) in [5, 5.41) is 0. The van der Waals surface area contributed by atoms with E-state index in [2.05, 4.69) is 9.44 Å². The van der Waals surface area contributed by atoms with Gasteiger partial charge < -0.3 is 9.80 Å².